The van der Waals surface area contributed by atoms with Crippen molar-refractivity contribution in [2.45, 2.75) is 32.2 Å². The number of aromatic amines is 1. The SMILES string of the molecule is CC(=O)N1CCC(=NC2CCOCC2)C(=C(N)c2cccc3[nH]ccc23)C1. The summed E-state index contributed by atoms with van der Waals surface area (Å²) < 4.78 is 5.46. The molecular weight excluding hydrogens is 340 g/mol. The van der Waals surface area contributed by atoms with E-state index in [1.165, 1.54) is 0 Å². The number of aromatic nitrogens is 1. The fraction of sp³-hybridized carbons (Fsp3) is 0.429. The van der Waals surface area contributed by atoms with Crippen molar-refractivity contribution in [3.05, 3.63) is 41.6 Å². The molecule has 1 aromatic carbocycles. The topological polar surface area (TPSA) is 83.7 Å². The van der Waals surface area contributed by atoms with Crippen LogP contribution >= 0.6 is 0 Å². The molecular formula is C21H26N4O2. The first-order valence-electron chi connectivity index (χ1n) is 9.59. The number of rotatable bonds is 2. The molecule has 3 heterocycles. The van der Waals surface area contributed by atoms with Gasteiger partial charge in [0.2, 0.25) is 5.91 Å². The molecule has 2 saturated heterocycles. The Balaban J connectivity index is 1.77. The molecule has 3 N–H and O–H groups in total. The van der Waals surface area contributed by atoms with Gasteiger partial charge in [-0.05, 0) is 25.0 Å². The van der Waals surface area contributed by atoms with E-state index in [1.807, 2.05) is 35.4 Å². The van der Waals surface area contributed by atoms with Gasteiger partial charge in [-0.3, -0.25) is 9.79 Å². The minimum absolute atomic E-state index is 0.0743. The van der Waals surface area contributed by atoms with Gasteiger partial charge < -0.3 is 20.4 Å². The van der Waals surface area contributed by atoms with Crippen LogP contribution in [0.4, 0.5) is 0 Å². The van der Waals surface area contributed by atoms with Gasteiger partial charge in [-0.1, -0.05) is 12.1 Å². The van der Waals surface area contributed by atoms with Crippen molar-refractivity contribution in [3.8, 4) is 0 Å². The van der Waals surface area contributed by atoms with Crippen molar-refractivity contribution in [3.63, 3.8) is 0 Å². The van der Waals surface area contributed by atoms with Crippen LogP contribution in [0.2, 0.25) is 0 Å². The fourth-order valence-corrected chi connectivity index (χ4v) is 3.92. The predicted octanol–water partition coefficient (Wildman–Crippen LogP) is 2.71. The number of benzene rings is 1. The zero-order chi connectivity index (χ0) is 18.8. The number of nitrogens with zero attached hydrogens (tertiary/aromatic N) is 2. The summed E-state index contributed by atoms with van der Waals surface area (Å²) >= 11 is 0. The molecule has 2 aliphatic heterocycles. The number of aliphatic imine (C=N–C) groups is 1. The summed E-state index contributed by atoms with van der Waals surface area (Å²) in [7, 11) is 0. The summed E-state index contributed by atoms with van der Waals surface area (Å²) in [4.78, 5) is 22.1. The molecule has 6 heteroatoms. The number of nitrogens with two attached hydrogens (primary N) is 1. The number of H-pyrrole nitrogens is 1. The maximum Gasteiger partial charge on any atom is 0.219 e. The van der Waals surface area contributed by atoms with Crippen LogP contribution in [-0.4, -0.2) is 53.8 Å². The Hall–Kier alpha value is -2.60. The van der Waals surface area contributed by atoms with Crippen molar-refractivity contribution in [1.29, 1.82) is 0 Å². The Bertz CT molecular complexity index is 906. The molecule has 0 aliphatic carbocycles. The summed E-state index contributed by atoms with van der Waals surface area (Å²) in [5, 5.41) is 1.09. The number of hydrogen-bond donors (Lipinski definition) is 2. The van der Waals surface area contributed by atoms with Gasteiger partial charge in [-0.15, -0.1) is 0 Å². The van der Waals surface area contributed by atoms with Crippen LogP contribution in [0.3, 0.4) is 0 Å². The van der Waals surface area contributed by atoms with Gasteiger partial charge in [0.25, 0.3) is 0 Å². The van der Waals surface area contributed by atoms with Crippen LogP contribution in [0, 0.1) is 0 Å². The average molecular weight is 366 g/mol. The number of ether oxygens (including phenoxy) is 1. The maximum atomic E-state index is 12.0. The van der Waals surface area contributed by atoms with E-state index < -0.39 is 0 Å². The molecule has 0 saturated carbocycles. The zero-order valence-corrected chi connectivity index (χ0v) is 15.7. The van der Waals surface area contributed by atoms with E-state index in [0.29, 0.717) is 13.1 Å². The Kier molecular flexibility index (Phi) is 4.99. The molecule has 2 fully saturated rings. The Morgan fingerprint density at radius 1 is 1.30 bits per heavy atom. The number of nitrogens with one attached hydrogen (secondary N) is 1. The number of likely N-dealkylation sites (tertiary alicyclic amines) is 1. The first-order valence-corrected chi connectivity index (χ1v) is 9.59. The molecule has 0 spiro atoms. The molecule has 6 nitrogen and oxygen atoms in total. The van der Waals surface area contributed by atoms with E-state index in [-0.39, 0.29) is 11.9 Å². The smallest absolute Gasteiger partial charge is 0.219 e. The van der Waals surface area contributed by atoms with Crippen LogP contribution in [0.5, 0.6) is 0 Å². The Morgan fingerprint density at radius 3 is 2.89 bits per heavy atom. The number of piperidine rings is 1. The second-order valence-corrected chi connectivity index (χ2v) is 7.25. The standard InChI is InChI=1S/C21H26N4O2/c1-14(26)25-10-6-20(24-15-7-11-27-12-8-15)18(13-25)21(22)17-3-2-4-19-16(17)5-9-23-19/h2-5,9,15,23H,6-8,10-13,22H2,1H3. The Labute approximate surface area is 159 Å². The second-order valence-electron chi connectivity index (χ2n) is 7.25. The third kappa shape index (κ3) is 3.62. The number of carbonyl (C=O) groups excluding carboxylic acids is 1. The van der Waals surface area contributed by atoms with Crippen LogP contribution < -0.4 is 5.73 Å². The molecule has 1 aromatic heterocycles. The number of hydrogen-bond acceptors (Lipinski definition) is 4. The molecule has 2 aromatic rings. The molecule has 4 rings (SSSR count). The lowest BCUT2D eigenvalue weighted by Gasteiger charge is -2.31. The summed E-state index contributed by atoms with van der Waals surface area (Å²) in [6.07, 6.45) is 4.56. The normalized spacial score (nSPS) is 22.4. The quantitative estimate of drug-likeness (QED) is 0.857. The highest BCUT2D eigenvalue weighted by Crippen LogP contribution is 2.27. The molecule has 1 amide bonds. The van der Waals surface area contributed by atoms with Gasteiger partial charge in [-0.25, -0.2) is 0 Å². The lowest BCUT2D eigenvalue weighted by molar-refractivity contribution is -0.128. The second kappa shape index (κ2) is 7.56. The minimum atomic E-state index is 0.0743. The van der Waals surface area contributed by atoms with Gasteiger partial charge in [0.05, 0.1) is 6.04 Å². The van der Waals surface area contributed by atoms with Crippen LogP contribution in [-0.2, 0) is 9.53 Å². The Morgan fingerprint density at radius 2 is 2.11 bits per heavy atom. The third-order valence-electron chi connectivity index (χ3n) is 5.50. The summed E-state index contributed by atoms with van der Waals surface area (Å²) in [5.41, 5.74) is 11.5. The molecule has 27 heavy (non-hydrogen) atoms. The van der Waals surface area contributed by atoms with Gasteiger partial charge in [-0.2, -0.15) is 0 Å². The highest BCUT2D eigenvalue weighted by atomic mass is 16.5. The molecule has 0 bridgehead atoms. The zero-order valence-electron chi connectivity index (χ0n) is 15.7. The largest absolute Gasteiger partial charge is 0.398 e. The van der Waals surface area contributed by atoms with E-state index >= 15 is 0 Å². The minimum Gasteiger partial charge on any atom is -0.398 e. The van der Waals surface area contributed by atoms with Gasteiger partial charge >= 0.3 is 0 Å². The summed E-state index contributed by atoms with van der Waals surface area (Å²) in [6, 6.07) is 8.40. The van der Waals surface area contributed by atoms with Crippen molar-refractivity contribution >= 4 is 28.2 Å². The van der Waals surface area contributed by atoms with Crippen LogP contribution in [0.15, 0.2) is 41.0 Å². The predicted molar refractivity (Wildman–Crippen MR) is 108 cm³/mol. The van der Waals surface area contributed by atoms with Crippen molar-refractivity contribution < 1.29 is 9.53 Å². The van der Waals surface area contributed by atoms with Gasteiger partial charge in [0, 0.05) is 79.3 Å². The number of fused-ring (bicyclic) bond motifs is 1. The van der Waals surface area contributed by atoms with E-state index in [4.69, 9.17) is 15.5 Å². The average Bonchev–Trinajstić information content (AvgIpc) is 3.17. The van der Waals surface area contributed by atoms with E-state index in [1.54, 1.807) is 6.92 Å². The first-order chi connectivity index (χ1) is 13.1. The van der Waals surface area contributed by atoms with Crippen LogP contribution in [0.25, 0.3) is 16.6 Å². The first kappa shape index (κ1) is 17.8. The lowest BCUT2D eigenvalue weighted by atomic mass is 9.94. The lowest BCUT2D eigenvalue weighted by Crippen LogP contribution is -2.40. The highest BCUT2D eigenvalue weighted by molar-refractivity contribution is 6.09. The van der Waals surface area contributed by atoms with Gasteiger partial charge in [0.1, 0.15) is 0 Å². The van der Waals surface area contributed by atoms with E-state index in [0.717, 1.165) is 65.9 Å². The molecule has 0 radical (unpaired) electrons. The monoisotopic (exact) mass is 366 g/mol. The summed E-state index contributed by atoms with van der Waals surface area (Å²) in [6.45, 7) is 4.35. The van der Waals surface area contributed by atoms with Crippen molar-refractivity contribution in [2.75, 3.05) is 26.3 Å². The van der Waals surface area contributed by atoms with E-state index in [2.05, 4.69) is 4.98 Å². The molecule has 142 valence electrons. The summed E-state index contributed by atoms with van der Waals surface area (Å²) in [5.74, 6) is 0.0743. The van der Waals surface area contributed by atoms with Gasteiger partial charge in [0.15, 0.2) is 0 Å². The fourth-order valence-electron chi connectivity index (χ4n) is 3.92. The third-order valence-corrected chi connectivity index (χ3v) is 5.50. The molecule has 0 atom stereocenters. The van der Waals surface area contributed by atoms with Crippen molar-refractivity contribution in [2.24, 2.45) is 10.7 Å². The van der Waals surface area contributed by atoms with Crippen molar-refractivity contribution in [1.82, 2.24) is 9.88 Å². The molecule has 2 aliphatic rings. The molecule has 0 unspecified atom stereocenters. The number of carbonyl (C=O) groups is 1. The number of amides is 1. The van der Waals surface area contributed by atoms with E-state index in [9.17, 15) is 4.79 Å². The van der Waals surface area contributed by atoms with Crippen LogP contribution in [0.1, 0.15) is 31.7 Å². The highest BCUT2D eigenvalue weighted by Gasteiger charge is 2.26. The maximum absolute atomic E-state index is 12.0.